The molecule has 1 aliphatic heterocycles. The van der Waals surface area contributed by atoms with Crippen LogP contribution in [0.2, 0.25) is 0 Å². The molecule has 1 aromatic heterocycles. The van der Waals surface area contributed by atoms with Crippen molar-refractivity contribution < 1.29 is 9.90 Å². The molecule has 1 aromatic rings. The molecule has 2 N–H and O–H groups in total. The van der Waals surface area contributed by atoms with Crippen LogP contribution < -0.4 is 0 Å². The number of aromatic amines is 1. The fraction of sp³-hybridized carbons (Fsp3) is 0.765. The standard InChI is InChI=1S/C17H27N3O2/c1-11-14(12(2)19-18-11)9-17(22)20-8-7-16(21)15(10-20)13-5-3-4-6-13/h13,15-16,21H,3-10H2,1-2H3,(H,18,19)/t15-,16+/m0/s1. The molecule has 1 amide bonds. The highest BCUT2D eigenvalue weighted by molar-refractivity contribution is 5.79. The number of aliphatic hydroxyl groups is 1. The zero-order valence-electron chi connectivity index (χ0n) is 13.6. The quantitative estimate of drug-likeness (QED) is 0.897. The second-order valence-corrected chi connectivity index (χ2v) is 6.99. The summed E-state index contributed by atoms with van der Waals surface area (Å²) in [6, 6.07) is 0. The largest absolute Gasteiger partial charge is 0.393 e. The fourth-order valence-corrected chi connectivity index (χ4v) is 4.14. The highest BCUT2D eigenvalue weighted by Crippen LogP contribution is 2.36. The second-order valence-electron chi connectivity index (χ2n) is 6.99. The minimum atomic E-state index is -0.232. The van der Waals surface area contributed by atoms with E-state index in [2.05, 4.69) is 10.2 Å². The average Bonchev–Trinajstić information content (AvgIpc) is 3.13. The summed E-state index contributed by atoms with van der Waals surface area (Å²) >= 11 is 0. The molecule has 5 nitrogen and oxygen atoms in total. The zero-order chi connectivity index (χ0) is 15.7. The number of aliphatic hydroxyl groups excluding tert-OH is 1. The Morgan fingerprint density at radius 1 is 1.32 bits per heavy atom. The number of rotatable bonds is 3. The van der Waals surface area contributed by atoms with Gasteiger partial charge in [-0.1, -0.05) is 25.7 Å². The van der Waals surface area contributed by atoms with Crippen LogP contribution in [0.4, 0.5) is 0 Å². The van der Waals surface area contributed by atoms with Crippen molar-refractivity contribution in [3.63, 3.8) is 0 Å². The van der Waals surface area contributed by atoms with Gasteiger partial charge in [0.2, 0.25) is 5.91 Å². The minimum absolute atomic E-state index is 0.169. The molecule has 122 valence electrons. The van der Waals surface area contributed by atoms with Crippen LogP contribution in [0, 0.1) is 25.7 Å². The van der Waals surface area contributed by atoms with Crippen LogP contribution in [-0.2, 0) is 11.2 Å². The Bertz CT molecular complexity index is 515. The van der Waals surface area contributed by atoms with Crippen molar-refractivity contribution in [2.24, 2.45) is 11.8 Å². The summed E-state index contributed by atoms with van der Waals surface area (Å²) in [5, 5.41) is 17.4. The van der Waals surface area contributed by atoms with Crippen LogP contribution in [0.5, 0.6) is 0 Å². The lowest BCUT2D eigenvalue weighted by atomic mass is 9.82. The molecule has 0 radical (unpaired) electrons. The second kappa shape index (κ2) is 6.41. The van der Waals surface area contributed by atoms with Gasteiger partial charge in [0.1, 0.15) is 0 Å². The van der Waals surface area contributed by atoms with Gasteiger partial charge in [-0.25, -0.2) is 0 Å². The number of carbonyl (C=O) groups is 1. The Morgan fingerprint density at radius 2 is 2.05 bits per heavy atom. The predicted octanol–water partition coefficient (Wildman–Crippen LogP) is 1.97. The number of likely N-dealkylation sites (tertiary alicyclic amines) is 1. The summed E-state index contributed by atoms with van der Waals surface area (Å²) in [6.45, 7) is 5.30. The molecule has 1 aliphatic carbocycles. The molecule has 1 saturated heterocycles. The van der Waals surface area contributed by atoms with Gasteiger partial charge >= 0.3 is 0 Å². The van der Waals surface area contributed by atoms with E-state index in [9.17, 15) is 9.90 Å². The molecule has 2 fully saturated rings. The van der Waals surface area contributed by atoms with Gasteiger partial charge < -0.3 is 10.0 Å². The van der Waals surface area contributed by atoms with Gasteiger partial charge in [0.15, 0.2) is 0 Å². The van der Waals surface area contributed by atoms with Crippen molar-refractivity contribution in [3.05, 3.63) is 17.0 Å². The Hall–Kier alpha value is -1.36. The number of nitrogens with zero attached hydrogens (tertiary/aromatic N) is 2. The Balaban J connectivity index is 1.65. The van der Waals surface area contributed by atoms with Gasteiger partial charge in [-0.05, 0) is 26.2 Å². The molecular formula is C17H27N3O2. The van der Waals surface area contributed by atoms with Crippen molar-refractivity contribution in [1.29, 1.82) is 0 Å². The first-order valence-corrected chi connectivity index (χ1v) is 8.52. The maximum Gasteiger partial charge on any atom is 0.227 e. The third-order valence-corrected chi connectivity index (χ3v) is 5.59. The van der Waals surface area contributed by atoms with Gasteiger partial charge in [0.05, 0.1) is 18.2 Å². The highest BCUT2D eigenvalue weighted by atomic mass is 16.3. The Labute approximate surface area is 132 Å². The summed E-state index contributed by atoms with van der Waals surface area (Å²) < 4.78 is 0. The normalized spacial score (nSPS) is 26.6. The van der Waals surface area contributed by atoms with Gasteiger partial charge in [-0.2, -0.15) is 5.10 Å². The van der Waals surface area contributed by atoms with E-state index in [-0.39, 0.29) is 17.9 Å². The third kappa shape index (κ3) is 3.05. The summed E-state index contributed by atoms with van der Waals surface area (Å²) in [5.41, 5.74) is 2.92. The Morgan fingerprint density at radius 3 is 2.68 bits per heavy atom. The summed E-state index contributed by atoms with van der Waals surface area (Å²) in [7, 11) is 0. The van der Waals surface area contributed by atoms with E-state index in [0.717, 1.165) is 29.9 Å². The zero-order valence-corrected chi connectivity index (χ0v) is 13.6. The van der Waals surface area contributed by atoms with Crippen LogP contribution in [0.15, 0.2) is 0 Å². The number of amides is 1. The fourth-order valence-electron chi connectivity index (χ4n) is 4.14. The van der Waals surface area contributed by atoms with Gasteiger partial charge in [-0.15, -0.1) is 0 Å². The molecule has 3 rings (SSSR count). The van der Waals surface area contributed by atoms with Crippen molar-refractivity contribution in [1.82, 2.24) is 15.1 Å². The number of H-pyrrole nitrogens is 1. The number of nitrogens with one attached hydrogen (secondary N) is 1. The molecule has 2 heterocycles. The molecule has 2 aliphatic rings. The van der Waals surface area contributed by atoms with Crippen molar-refractivity contribution >= 4 is 5.91 Å². The van der Waals surface area contributed by atoms with Gasteiger partial charge in [0.25, 0.3) is 0 Å². The molecule has 1 saturated carbocycles. The maximum atomic E-state index is 12.6. The first-order chi connectivity index (χ1) is 10.6. The monoisotopic (exact) mass is 305 g/mol. The predicted molar refractivity (Wildman–Crippen MR) is 84.4 cm³/mol. The van der Waals surface area contributed by atoms with Crippen LogP contribution in [0.25, 0.3) is 0 Å². The number of hydrogen-bond donors (Lipinski definition) is 2. The smallest absolute Gasteiger partial charge is 0.227 e. The van der Waals surface area contributed by atoms with Gasteiger partial charge in [0, 0.05) is 30.3 Å². The molecule has 0 unspecified atom stereocenters. The molecule has 0 bridgehead atoms. The van der Waals surface area contributed by atoms with E-state index in [1.165, 1.54) is 25.7 Å². The number of aryl methyl sites for hydroxylation is 2. The first kappa shape index (κ1) is 15.5. The van der Waals surface area contributed by atoms with Crippen molar-refractivity contribution in [3.8, 4) is 0 Å². The lowest BCUT2D eigenvalue weighted by Crippen LogP contribution is -2.48. The molecule has 2 atom stereocenters. The lowest BCUT2D eigenvalue weighted by molar-refractivity contribution is -0.135. The first-order valence-electron chi connectivity index (χ1n) is 8.52. The number of hydrogen-bond acceptors (Lipinski definition) is 3. The van der Waals surface area contributed by atoms with E-state index < -0.39 is 0 Å². The van der Waals surface area contributed by atoms with Crippen LogP contribution in [0.3, 0.4) is 0 Å². The maximum absolute atomic E-state index is 12.6. The lowest BCUT2D eigenvalue weighted by Gasteiger charge is -2.39. The molecule has 5 heteroatoms. The summed E-state index contributed by atoms with van der Waals surface area (Å²) in [6.07, 6.45) is 5.88. The minimum Gasteiger partial charge on any atom is -0.393 e. The highest BCUT2D eigenvalue weighted by Gasteiger charge is 2.36. The molecular weight excluding hydrogens is 278 g/mol. The number of piperidine rings is 1. The van der Waals surface area contributed by atoms with E-state index in [1.54, 1.807) is 0 Å². The average molecular weight is 305 g/mol. The van der Waals surface area contributed by atoms with Crippen LogP contribution in [-0.4, -0.2) is 45.3 Å². The van der Waals surface area contributed by atoms with E-state index >= 15 is 0 Å². The summed E-state index contributed by atoms with van der Waals surface area (Å²) in [4.78, 5) is 14.6. The van der Waals surface area contributed by atoms with Gasteiger partial charge in [-0.3, -0.25) is 9.89 Å². The number of aromatic nitrogens is 2. The molecule has 0 aromatic carbocycles. The van der Waals surface area contributed by atoms with Crippen molar-refractivity contribution in [2.75, 3.05) is 13.1 Å². The van der Waals surface area contributed by atoms with E-state index in [1.807, 2.05) is 18.7 Å². The van der Waals surface area contributed by atoms with Crippen LogP contribution in [0.1, 0.15) is 49.1 Å². The van der Waals surface area contributed by atoms with E-state index in [0.29, 0.717) is 18.9 Å². The van der Waals surface area contributed by atoms with Crippen molar-refractivity contribution in [2.45, 2.75) is 58.5 Å². The third-order valence-electron chi connectivity index (χ3n) is 5.59. The SMILES string of the molecule is Cc1n[nH]c(C)c1CC(=O)N1CC[C@@H](O)[C@H](C2CCCC2)C1. The van der Waals surface area contributed by atoms with Crippen LogP contribution >= 0.6 is 0 Å². The number of carbonyl (C=O) groups excluding carboxylic acids is 1. The molecule has 22 heavy (non-hydrogen) atoms. The van der Waals surface area contributed by atoms with E-state index in [4.69, 9.17) is 0 Å². The molecule has 0 spiro atoms. The summed E-state index contributed by atoms with van der Waals surface area (Å²) in [5.74, 6) is 1.04. The Kier molecular flexibility index (Phi) is 4.52. The topological polar surface area (TPSA) is 69.2 Å².